The van der Waals surface area contributed by atoms with Crippen molar-refractivity contribution in [2.24, 2.45) is 5.41 Å². The van der Waals surface area contributed by atoms with E-state index in [-0.39, 0.29) is 11.3 Å². The number of carbonyl (C=O) groups is 2. The molecule has 0 spiro atoms. The molecule has 1 unspecified atom stereocenters. The number of nitrogens with zero attached hydrogens (tertiary/aromatic N) is 2. The van der Waals surface area contributed by atoms with Crippen LogP contribution in [0.4, 0.5) is 14.5 Å². The van der Waals surface area contributed by atoms with Gasteiger partial charge in [0.15, 0.2) is 23.2 Å². The fraction of sp³-hybridized carbons (Fsp3) is 0.250. The molecule has 27 heavy (non-hydrogen) atoms. The fourth-order valence-electron chi connectivity index (χ4n) is 2.96. The first-order valence-electron chi connectivity index (χ1n) is 8.30. The largest absolute Gasteiger partial charge is 0.503 e. The lowest BCUT2D eigenvalue weighted by Crippen LogP contribution is -2.33. The van der Waals surface area contributed by atoms with Crippen molar-refractivity contribution in [1.29, 1.82) is 0 Å². The Hall–Kier alpha value is -3.09. The Balaban J connectivity index is 2.21. The number of anilines is 1. The van der Waals surface area contributed by atoms with Crippen LogP contribution in [0.5, 0.6) is 0 Å². The Morgan fingerprint density at radius 1 is 1.15 bits per heavy atom. The minimum Gasteiger partial charge on any atom is -0.503 e. The van der Waals surface area contributed by atoms with Crippen LogP contribution in [0.25, 0.3) is 0 Å². The first-order chi connectivity index (χ1) is 12.6. The van der Waals surface area contributed by atoms with Crippen LogP contribution in [0.3, 0.4) is 0 Å². The van der Waals surface area contributed by atoms with Gasteiger partial charge in [-0.1, -0.05) is 26.8 Å². The highest BCUT2D eigenvalue weighted by molar-refractivity contribution is 6.17. The number of aliphatic hydroxyl groups is 1. The summed E-state index contributed by atoms with van der Waals surface area (Å²) < 4.78 is 27.1. The summed E-state index contributed by atoms with van der Waals surface area (Å²) in [5, 5.41) is 10.5. The van der Waals surface area contributed by atoms with Crippen LogP contribution in [-0.4, -0.2) is 21.8 Å². The number of hydrogen-bond donors (Lipinski definition) is 1. The van der Waals surface area contributed by atoms with Crippen molar-refractivity contribution in [3.05, 3.63) is 71.3 Å². The first-order valence-corrected chi connectivity index (χ1v) is 8.30. The van der Waals surface area contributed by atoms with Crippen molar-refractivity contribution in [1.82, 2.24) is 4.98 Å². The molecule has 5 nitrogen and oxygen atoms in total. The molecule has 1 aliphatic heterocycles. The highest BCUT2D eigenvalue weighted by atomic mass is 19.2. The summed E-state index contributed by atoms with van der Waals surface area (Å²) in [7, 11) is 0. The second-order valence-electron chi connectivity index (χ2n) is 7.27. The van der Waals surface area contributed by atoms with Crippen molar-refractivity contribution in [2.75, 3.05) is 4.90 Å². The average Bonchev–Trinajstić information content (AvgIpc) is 2.88. The molecule has 3 rings (SSSR count). The highest BCUT2D eigenvalue weighted by Gasteiger charge is 2.47. The van der Waals surface area contributed by atoms with Gasteiger partial charge in [0.1, 0.15) is 6.04 Å². The monoisotopic (exact) mass is 372 g/mol. The average molecular weight is 372 g/mol. The first kappa shape index (κ1) is 18.7. The normalized spacial score (nSPS) is 17.6. The van der Waals surface area contributed by atoms with Crippen LogP contribution in [0, 0.1) is 17.0 Å². The molecule has 140 valence electrons. The summed E-state index contributed by atoms with van der Waals surface area (Å²) in [5.74, 6) is -4.23. The number of aromatic nitrogens is 1. The van der Waals surface area contributed by atoms with Crippen molar-refractivity contribution < 1.29 is 23.5 Å². The van der Waals surface area contributed by atoms with Crippen LogP contribution < -0.4 is 4.90 Å². The zero-order valence-corrected chi connectivity index (χ0v) is 15.0. The Kier molecular flexibility index (Phi) is 4.55. The zero-order valence-electron chi connectivity index (χ0n) is 15.0. The summed E-state index contributed by atoms with van der Waals surface area (Å²) >= 11 is 0. The fourth-order valence-corrected chi connectivity index (χ4v) is 2.96. The lowest BCUT2D eigenvalue weighted by Gasteiger charge is -2.28. The minimum absolute atomic E-state index is 0.0119. The Morgan fingerprint density at radius 2 is 1.85 bits per heavy atom. The van der Waals surface area contributed by atoms with Gasteiger partial charge in [0.25, 0.3) is 5.91 Å². The Morgan fingerprint density at radius 3 is 2.41 bits per heavy atom. The molecule has 1 atom stereocenters. The molecule has 0 saturated heterocycles. The van der Waals surface area contributed by atoms with Crippen molar-refractivity contribution in [3.63, 3.8) is 0 Å². The zero-order chi connectivity index (χ0) is 19.9. The summed E-state index contributed by atoms with van der Waals surface area (Å²) in [6.45, 7) is 4.99. The van der Waals surface area contributed by atoms with Crippen LogP contribution in [-0.2, 0) is 9.59 Å². The molecule has 1 aliphatic rings. The molecule has 7 heteroatoms. The van der Waals surface area contributed by atoms with Gasteiger partial charge in [-0.05, 0) is 24.3 Å². The minimum atomic E-state index is -1.14. The number of aliphatic hydroxyl groups excluding tert-OH is 1. The van der Waals surface area contributed by atoms with Gasteiger partial charge in [-0.3, -0.25) is 19.5 Å². The standard InChI is InChI=1S/C20H18F2N2O3/c1-20(2,3)18(26)15-16(14-6-4-5-9-23-14)24(19(27)17(15)25)11-7-8-12(21)13(22)10-11/h4-10,16,25H,1-3H3. The van der Waals surface area contributed by atoms with E-state index in [9.17, 15) is 23.5 Å². The summed E-state index contributed by atoms with van der Waals surface area (Å²) in [6, 6.07) is 6.83. The van der Waals surface area contributed by atoms with E-state index in [0.717, 1.165) is 17.0 Å². The summed E-state index contributed by atoms with van der Waals surface area (Å²) in [4.78, 5) is 31.0. The third-order valence-electron chi connectivity index (χ3n) is 4.28. The molecule has 0 aliphatic carbocycles. The Bertz CT molecular complexity index is 949. The molecule has 2 aromatic rings. The number of Topliss-reactive ketones (excluding diaryl/α,β-unsaturated/α-hetero) is 1. The number of carbonyl (C=O) groups excluding carboxylic acids is 2. The number of amides is 1. The second-order valence-corrected chi connectivity index (χ2v) is 7.27. The summed E-state index contributed by atoms with van der Waals surface area (Å²) in [5.41, 5.74) is -0.651. The number of hydrogen-bond acceptors (Lipinski definition) is 4. The van der Waals surface area contributed by atoms with E-state index in [2.05, 4.69) is 4.98 Å². The van der Waals surface area contributed by atoms with E-state index < -0.39 is 40.5 Å². The molecule has 2 heterocycles. The summed E-state index contributed by atoms with van der Waals surface area (Å²) in [6.07, 6.45) is 1.48. The number of ketones is 1. The quantitative estimate of drug-likeness (QED) is 0.888. The second kappa shape index (κ2) is 6.57. The third kappa shape index (κ3) is 3.20. The van der Waals surface area contributed by atoms with Crippen LogP contribution in [0.1, 0.15) is 32.5 Å². The number of pyridine rings is 1. The number of rotatable bonds is 3. The molecular formula is C20H18F2N2O3. The van der Waals surface area contributed by atoms with Crippen molar-refractivity contribution in [2.45, 2.75) is 26.8 Å². The van der Waals surface area contributed by atoms with E-state index in [4.69, 9.17) is 0 Å². The molecule has 0 saturated carbocycles. The smallest absolute Gasteiger partial charge is 0.294 e. The topological polar surface area (TPSA) is 70.5 Å². The van der Waals surface area contributed by atoms with Crippen LogP contribution in [0.2, 0.25) is 0 Å². The van der Waals surface area contributed by atoms with Crippen molar-refractivity contribution in [3.8, 4) is 0 Å². The van der Waals surface area contributed by atoms with E-state index in [1.807, 2.05) is 0 Å². The lowest BCUT2D eigenvalue weighted by molar-refractivity contribution is -0.123. The molecular weight excluding hydrogens is 354 g/mol. The van der Waals surface area contributed by atoms with E-state index in [1.54, 1.807) is 39.0 Å². The SMILES string of the molecule is CC(C)(C)C(=O)C1=C(O)C(=O)N(c2ccc(F)c(F)c2)C1c1ccccn1. The number of benzene rings is 1. The van der Waals surface area contributed by atoms with Gasteiger partial charge < -0.3 is 5.11 Å². The molecule has 1 N–H and O–H groups in total. The van der Waals surface area contributed by atoms with Crippen LogP contribution >= 0.6 is 0 Å². The number of halogens is 2. The highest BCUT2D eigenvalue weighted by Crippen LogP contribution is 2.42. The molecule has 1 aromatic heterocycles. The van der Waals surface area contributed by atoms with Gasteiger partial charge >= 0.3 is 0 Å². The third-order valence-corrected chi connectivity index (χ3v) is 4.28. The molecule has 0 radical (unpaired) electrons. The van der Waals surface area contributed by atoms with Gasteiger partial charge in [0.05, 0.1) is 11.3 Å². The maximum absolute atomic E-state index is 13.8. The molecule has 1 aromatic carbocycles. The van der Waals surface area contributed by atoms with Gasteiger partial charge in [-0.25, -0.2) is 8.78 Å². The van der Waals surface area contributed by atoms with E-state index in [1.165, 1.54) is 12.3 Å². The van der Waals surface area contributed by atoms with Crippen molar-refractivity contribution >= 4 is 17.4 Å². The van der Waals surface area contributed by atoms with Gasteiger partial charge in [-0.15, -0.1) is 0 Å². The van der Waals surface area contributed by atoms with E-state index in [0.29, 0.717) is 5.69 Å². The molecule has 0 bridgehead atoms. The van der Waals surface area contributed by atoms with Gasteiger partial charge in [0.2, 0.25) is 0 Å². The maximum atomic E-state index is 13.8. The lowest BCUT2D eigenvalue weighted by atomic mass is 9.83. The Labute approximate surface area is 155 Å². The van der Waals surface area contributed by atoms with Gasteiger partial charge in [0, 0.05) is 23.4 Å². The van der Waals surface area contributed by atoms with Crippen LogP contribution in [0.15, 0.2) is 53.9 Å². The predicted molar refractivity (Wildman–Crippen MR) is 94.9 cm³/mol. The molecule has 0 fully saturated rings. The van der Waals surface area contributed by atoms with Gasteiger partial charge in [-0.2, -0.15) is 0 Å². The predicted octanol–water partition coefficient (Wildman–Crippen LogP) is 3.88. The van der Waals surface area contributed by atoms with E-state index >= 15 is 0 Å². The molecule has 1 amide bonds. The maximum Gasteiger partial charge on any atom is 0.294 e.